The van der Waals surface area contributed by atoms with Gasteiger partial charge in [-0.2, -0.15) is 0 Å². The standard InChI is InChI=1S/C26H38OSi/c1-7-22(2)21-23(3)15-14-20-27-28(26(4,5)6,24-16-10-8-11-17-24)25-18-12-9-13-19-25/h8-19,22-23H,7,20-21H2,1-6H3/b15-14+/t22-,23+/m1/s1. The molecular weight excluding hydrogens is 356 g/mol. The SMILES string of the molecule is CC[C@@H](C)C[C@@H](C)/C=C/CO[Si](c1ccccc1)(c1ccccc1)C(C)(C)C. The largest absolute Gasteiger partial charge is 0.404 e. The topological polar surface area (TPSA) is 9.23 Å². The van der Waals surface area contributed by atoms with E-state index in [-0.39, 0.29) is 5.04 Å². The van der Waals surface area contributed by atoms with Gasteiger partial charge in [0.25, 0.3) is 8.32 Å². The van der Waals surface area contributed by atoms with Crippen molar-refractivity contribution < 1.29 is 4.43 Å². The molecule has 0 spiro atoms. The van der Waals surface area contributed by atoms with Crippen molar-refractivity contribution in [2.75, 3.05) is 6.61 Å². The molecule has 152 valence electrons. The maximum absolute atomic E-state index is 6.90. The normalized spacial score (nSPS) is 14.9. The zero-order chi connectivity index (χ0) is 20.6. The Morgan fingerprint density at radius 1 is 0.893 bits per heavy atom. The molecule has 0 unspecified atom stereocenters. The molecule has 0 aliphatic carbocycles. The molecule has 0 fully saturated rings. The summed E-state index contributed by atoms with van der Waals surface area (Å²) in [5, 5.41) is 2.72. The Bertz CT molecular complexity index is 676. The van der Waals surface area contributed by atoms with Crippen LogP contribution < -0.4 is 10.4 Å². The molecule has 0 radical (unpaired) electrons. The van der Waals surface area contributed by atoms with E-state index < -0.39 is 8.32 Å². The van der Waals surface area contributed by atoms with Gasteiger partial charge in [-0.15, -0.1) is 0 Å². The minimum atomic E-state index is -2.41. The summed E-state index contributed by atoms with van der Waals surface area (Å²) >= 11 is 0. The van der Waals surface area contributed by atoms with Crippen LogP contribution in [0.2, 0.25) is 5.04 Å². The van der Waals surface area contributed by atoms with Crippen molar-refractivity contribution in [3.8, 4) is 0 Å². The van der Waals surface area contributed by atoms with E-state index in [1.165, 1.54) is 23.2 Å². The van der Waals surface area contributed by atoms with Gasteiger partial charge in [-0.1, -0.05) is 121 Å². The van der Waals surface area contributed by atoms with Crippen molar-refractivity contribution in [1.29, 1.82) is 0 Å². The van der Waals surface area contributed by atoms with Crippen molar-refractivity contribution in [1.82, 2.24) is 0 Å². The molecule has 0 saturated heterocycles. The van der Waals surface area contributed by atoms with E-state index >= 15 is 0 Å². The fourth-order valence-electron chi connectivity index (χ4n) is 4.10. The first-order chi connectivity index (χ1) is 13.3. The summed E-state index contributed by atoms with van der Waals surface area (Å²) in [6.45, 7) is 14.6. The Labute approximate surface area is 174 Å². The third-order valence-corrected chi connectivity index (χ3v) is 10.8. The smallest absolute Gasteiger partial charge is 0.261 e. The molecule has 2 rings (SSSR count). The lowest BCUT2D eigenvalue weighted by Crippen LogP contribution is -2.66. The molecule has 2 aromatic carbocycles. The van der Waals surface area contributed by atoms with Gasteiger partial charge >= 0.3 is 0 Å². The maximum atomic E-state index is 6.90. The van der Waals surface area contributed by atoms with Gasteiger partial charge in [-0.05, 0) is 33.7 Å². The molecule has 2 atom stereocenters. The molecule has 1 nitrogen and oxygen atoms in total. The second kappa shape index (κ2) is 10.2. The van der Waals surface area contributed by atoms with E-state index in [9.17, 15) is 0 Å². The van der Waals surface area contributed by atoms with Crippen molar-refractivity contribution in [2.45, 2.75) is 59.4 Å². The highest BCUT2D eigenvalue weighted by Gasteiger charge is 2.49. The van der Waals surface area contributed by atoms with E-state index in [2.05, 4.69) is 114 Å². The van der Waals surface area contributed by atoms with Crippen LogP contribution in [0.5, 0.6) is 0 Å². The highest BCUT2D eigenvalue weighted by molar-refractivity contribution is 6.99. The van der Waals surface area contributed by atoms with Crippen LogP contribution in [0.3, 0.4) is 0 Å². The lowest BCUT2D eigenvalue weighted by Gasteiger charge is -2.42. The van der Waals surface area contributed by atoms with Crippen molar-refractivity contribution in [3.05, 3.63) is 72.8 Å². The van der Waals surface area contributed by atoms with E-state index in [0.717, 1.165) is 5.92 Å². The summed E-state index contributed by atoms with van der Waals surface area (Å²) in [5.74, 6) is 1.37. The van der Waals surface area contributed by atoms with E-state index in [1.807, 2.05) is 0 Å². The number of benzene rings is 2. The zero-order valence-electron chi connectivity index (χ0n) is 18.6. The zero-order valence-corrected chi connectivity index (χ0v) is 19.6. The van der Waals surface area contributed by atoms with Crippen LogP contribution in [0.15, 0.2) is 72.8 Å². The molecule has 0 amide bonds. The first-order valence-electron chi connectivity index (χ1n) is 10.7. The Hall–Kier alpha value is -1.64. The average molecular weight is 395 g/mol. The molecule has 2 heteroatoms. The van der Waals surface area contributed by atoms with Crippen LogP contribution in [-0.4, -0.2) is 14.9 Å². The Morgan fingerprint density at radius 2 is 1.39 bits per heavy atom. The van der Waals surface area contributed by atoms with Crippen molar-refractivity contribution >= 4 is 18.7 Å². The predicted octanol–water partition coefficient (Wildman–Crippen LogP) is 6.19. The number of allylic oxidation sites excluding steroid dienone is 1. The van der Waals surface area contributed by atoms with E-state index in [0.29, 0.717) is 12.5 Å². The molecule has 0 heterocycles. The van der Waals surface area contributed by atoms with Crippen LogP contribution in [0.1, 0.15) is 54.4 Å². The van der Waals surface area contributed by atoms with Gasteiger partial charge in [0, 0.05) is 0 Å². The van der Waals surface area contributed by atoms with E-state index in [1.54, 1.807) is 0 Å². The summed E-state index contributed by atoms with van der Waals surface area (Å²) in [4.78, 5) is 0. The second-order valence-electron chi connectivity index (χ2n) is 9.13. The summed E-state index contributed by atoms with van der Waals surface area (Å²) < 4.78 is 6.90. The molecule has 0 aliphatic rings. The highest BCUT2D eigenvalue weighted by Crippen LogP contribution is 2.36. The van der Waals surface area contributed by atoms with Crippen LogP contribution in [0.4, 0.5) is 0 Å². The Morgan fingerprint density at radius 3 is 1.82 bits per heavy atom. The van der Waals surface area contributed by atoms with Crippen LogP contribution in [-0.2, 0) is 4.43 Å². The fraction of sp³-hybridized carbons (Fsp3) is 0.462. The molecule has 2 aromatic rings. The minimum absolute atomic E-state index is 0.0336. The first kappa shape index (κ1) is 22.6. The van der Waals surface area contributed by atoms with Gasteiger partial charge in [0.05, 0.1) is 6.61 Å². The lowest BCUT2D eigenvalue weighted by molar-refractivity contribution is 0.338. The van der Waals surface area contributed by atoms with Crippen molar-refractivity contribution in [2.24, 2.45) is 11.8 Å². The number of rotatable bonds is 9. The first-order valence-corrected chi connectivity index (χ1v) is 12.6. The maximum Gasteiger partial charge on any atom is 0.261 e. The number of hydrogen-bond donors (Lipinski definition) is 0. The molecule has 0 saturated carbocycles. The van der Waals surface area contributed by atoms with Crippen LogP contribution >= 0.6 is 0 Å². The quantitative estimate of drug-likeness (QED) is 0.364. The summed E-state index contributed by atoms with van der Waals surface area (Å²) in [6, 6.07) is 21.7. The molecule has 0 aliphatic heterocycles. The van der Waals surface area contributed by atoms with Gasteiger partial charge < -0.3 is 4.43 Å². The monoisotopic (exact) mass is 394 g/mol. The summed E-state index contributed by atoms with van der Waals surface area (Å²) in [6.07, 6.45) is 7.07. The third-order valence-electron chi connectivity index (χ3n) is 5.75. The van der Waals surface area contributed by atoms with Gasteiger partial charge in [-0.25, -0.2) is 0 Å². The van der Waals surface area contributed by atoms with Gasteiger partial charge in [0.2, 0.25) is 0 Å². The Balaban J connectivity index is 2.32. The average Bonchev–Trinajstić information content (AvgIpc) is 2.68. The molecule has 0 bridgehead atoms. The van der Waals surface area contributed by atoms with E-state index in [4.69, 9.17) is 4.43 Å². The number of hydrogen-bond acceptors (Lipinski definition) is 1. The molecule has 28 heavy (non-hydrogen) atoms. The summed E-state index contributed by atoms with van der Waals surface area (Å²) in [7, 11) is -2.41. The summed E-state index contributed by atoms with van der Waals surface area (Å²) in [5.41, 5.74) is 0. The van der Waals surface area contributed by atoms with Gasteiger partial charge in [0.1, 0.15) is 0 Å². The Kier molecular flexibility index (Phi) is 8.27. The predicted molar refractivity (Wildman–Crippen MR) is 126 cm³/mol. The molecular formula is C26H38OSi. The second-order valence-corrected chi connectivity index (χ2v) is 13.4. The molecule has 0 aromatic heterocycles. The lowest BCUT2D eigenvalue weighted by atomic mass is 9.95. The third kappa shape index (κ3) is 5.45. The van der Waals surface area contributed by atoms with Crippen LogP contribution in [0, 0.1) is 11.8 Å². The minimum Gasteiger partial charge on any atom is -0.404 e. The van der Waals surface area contributed by atoms with Gasteiger partial charge in [-0.3, -0.25) is 0 Å². The van der Waals surface area contributed by atoms with Crippen molar-refractivity contribution in [3.63, 3.8) is 0 Å². The fourth-order valence-corrected chi connectivity index (χ4v) is 8.60. The van der Waals surface area contributed by atoms with Crippen LogP contribution in [0.25, 0.3) is 0 Å². The van der Waals surface area contributed by atoms with Gasteiger partial charge in [0.15, 0.2) is 0 Å². The highest BCUT2D eigenvalue weighted by atomic mass is 28.4. The molecule has 0 N–H and O–H groups in total.